The average molecular weight is 135 g/mol. The third-order valence-electron chi connectivity index (χ3n) is 1.29. The fraction of sp³-hybridized carbons (Fsp3) is 0. The molecule has 2 heterocycles. The first-order valence-electron chi connectivity index (χ1n) is 2.86. The zero-order valence-corrected chi connectivity index (χ0v) is 5.08. The first kappa shape index (κ1) is 5.41. The van der Waals surface area contributed by atoms with Crippen LogP contribution >= 0.6 is 0 Å². The van der Waals surface area contributed by atoms with Crippen LogP contribution in [0, 0.1) is 12.0 Å². The second-order valence-corrected chi connectivity index (χ2v) is 1.96. The van der Waals surface area contributed by atoms with Crippen LogP contribution in [0.2, 0.25) is 0 Å². The van der Waals surface area contributed by atoms with Gasteiger partial charge in [-0.3, -0.25) is 4.40 Å². The Labute approximate surface area is 56.9 Å². The molecule has 0 unspecified atom stereocenters. The minimum Gasteiger partial charge on any atom is -0.298 e. The number of hydrogen-bond acceptors (Lipinski definition) is 1. The van der Waals surface area contributed by atoms with Crippen molar-refractivity contribution < 1.29 is 4.39 Å². The molecule has 0 amide bonds. The van der Waals surface area contributed by atoms with Crippen LogP contribution in [-0.2, 0) is 0 Å². The van der Waals surface area contributed by atoms with Crippen LogP contribution in [-0.4, -0.2) is 9.38 Å². The van der Waals surface area contributed by atoms with E-state index in [1.165, 1.54) is 18.3 Å². The molecule has 0 N–H and O–H groups in total. The molecule has 0 aliphatic heterocycles. The van der Waals surface area contributed by atoms with Gasteiger partial charge in [0.15, 0.2) is 0 Å². The lowest BCUT2D eigenvalue weighted by molar-refractivity contribution is 0.626. The second kappa shape index (κ2) is 1.80. The summed E-state index contributed by atoms with van der Waals surface area (Å²) in [5.41, 5.74) is 0.583. The number of fused-ring (bicyclic) bond motifs is 1. The van der Waals surface area contributed by atoms with Gasteiger partial charge in [-0.1, -0.05) is 0 Å². The molecule has 0 aliphatic carbocycles. The van der Waals surface area contributed by atoms with Crippen LogP contribution in [0.3, 0.4) is 0 Å². The Morgan fingerprint density at radius 2 is 2.50 bits per heavy atom. The predicted molar refractivity (Wildman–Crippen MR) is 34.0 cm³/mol. The van der Waals surface area contributed by atoms with Crippen LogP contribution in [0.4, 0.5) is 4.39 Å². The topological polar surface area (TPSA) is 17.3 Å². The summed E-state index contributed by atoms with van der Waals surface area (Å²) in [5, 5.41) is 0. The lowest BCUT2D eigenvalue weighted by atomic mass is 10.4. The third-order valence-corrected chi connectivity index (χ3v) is 1.29. The highest BCUT2D eigenvalue weighted by molar-refractivity contribution is 5.37. The lowest BCUT2D eigenvalue weighted by Crippen LogP contribution is -1.82. The van der Waals surface area contributed by atoms with Gasteiger partial charge in [0.25, 0.3) is 0 Å². The molecule has 0 aliphatic rings. The van der Waals surface area contributed by atoms with Gasteiger partial charge >= 0.3 is 0 Å². The van der Waals surface area contributed by atoms with Crippen LogP contribution in [0.25, 0.3) is 5.65 Å². The van der Waals surface area contributed by atoms with Crippen LogP contribution < -0.4 is 0 Å². The number of hydrogen-bond donors (Lipinski definition) is 0. The van der Waals surface area contributed by atoms with Gasteiger partial charge in [-0.2, -0.15) is 0 Å². The maximum absolute atomic E-state index is 12.4. The summed E-state index contributed by atoms with van der Waals surface area (Å²) in [5.74, 6) is -0.271. The summed E-state index contributed by atoms with van der Waals surface area (Å²) in [4.78, 5) is 3.85. The normalized spacial score (nSPS) is 10.5. The van der Waals surface area contributed by atoms with Crippen molar-refractivity contribution in [3.05, 3.63) is 36.5 Å². The number of aromatic nitrogens is 2. The number of halogens is 1. The van der Waals surface area contributed by atoms with E-state index in [1.54, 1.807) is 10.6 Å². The summed E-state index contributed by atoms with van der Waals surface area (Å²) in [6.07, 6.45) is 5.88. The molecule has 0 spiro atoms. The number of nitrogens with zero attached hydrogens (tertiary/aromatic N) is 2. The molecule has 0 saturated carbocycles. The van der Waals surface area contributed by atoms with Crippen molar-refractivity contribution in [2.24, 2.45) is 0 Å². The maximum Gasteiger partial charge on any atom is 0.140 e. The summed E-state index contributed by atoms with van der Waals surface area (Å²) >= 11 is 0. The van der Waals surface area contributed by atoms with E-state index in [9.17, 15) is 4.39 Å². The molecule has 2 nitrogen and oxygen atoms in total. The summed E-state index contributed by atoms with van der Waals surface area (Å²) < 4.78 is 14.1. The Bertz CT molecular complexity index is 353. The van der Waals surface area contributed by atoms with Gasteiger partial charge < -0.3 is 0 Å². The second-order valence-electron chi connectivity index (χ2n) is 1.96. The number of imidazole rings is 1. The predicted octanol–water partition coefficient (Wildman–Crippen LogP) is 1.27. The Hall–Kier alpha value is -1.38. The average Bonchev–Trinajstić information content (AvgIpc) is 2.33. The van der Waals surface area contributed by atoms with Gasteiger partial charge in [-0.25, -0.2) is 9.37 Å². The quantitative estimate of drug-likeness (QED) is 0.531. The van der Waals surface area contributed by atoms with E-state index < -0.39 is 0 Å². The van der Waals surface area contributed by atoms with Gasteiger partial charge in [-0.05, 0) is 6.07 Å². The smallest absolute Gasteiger partial charge is 0.140 e. The van der Waals surface area contributed by atoms with Crippen molar-refractivity contribution in [2.75, 3.05) is 0 Å². The van der Waals surface area contributed by atoms with E-state index in [-0.39, 0.29) is 5.82 Å². The Kier molecular flexibility index (Phi) is 0.974. The minimum absolute atomic E-state index is 0.271. The summed E-state index contributed by atoms with van der Waals surface area (Å²) in [6, 6.07) is 2.72. The zero-order chi connectivity index (χ0) is 6.97. The number of rotatable bonds is 0. The summed E-state index contributed by atoms with van der Waals surface area (Å²) in [7, 11) is 0. The van der Waals surface area contributed by atoms with Crippen LogP contribution in [0.1, 0.15) is 0 Å². The molecule has 0 atom stereocenters. The third kappa shape index (κ3) is 0.673. The molecule has 10 heavy (non-hydrogen) atoms. The van der Waals surface area contributed by atoms with Gasteiger partial charge in [0, 0.05) is 12.3 Å². The molecule has 1 radical (unpaired) electrons. The fourth-order valence-corrected chi connectivity index (χ4v) is 0.829. The van der Waals surface area contributed by atoms with E-state index in [0.717, 1.165) is 0 Å². The van der Waals surface area contributed by atoms with Gasteiger partial charge in [0.05, 0.1) is 12.4 Å². The van der Waals surface area contributed by atoms with Crippen molar-refractivity contribution in [1.29, 1.82) is 0 Å². The van der Waals surface area contributed by atoms with E-state index >= 15 is 0 Å². The van der Waals surface area contributed by atoms with E-state index in [2.05, 4.69) is 11.2 Å². The van der Waals surface area contributed by atoms with Crippen molar-refractivity contribution in [3.8, 4) is 0 Å². The van der Waals surface area contributed by atoms with Gasteiger partial charge in [0.2, 0.25) is 0 Å². The molecule has 0 fully saturated rings. The van der Waals surface area contributed by atoms with Crippen molar-refractivity contribution in [3.63, 3.8) is 0 Å². The molecule has 0 saturated heterocycles. The highest BCUT2D eigenvalue weighted by Crippen LogP contribution is 2.01. The fourth-order valence-electron chi connectivity index (χ4n) is 0.829. The molecular formula is C7H4FN2. The lowest BCUT2D eigenvalue weighted by Gasteiger charge is -1.89. The molecule has 2 aromatic heterocycles. The van der Waals surface area contributed by atoms with Gasteiger partial charge in [0.1, 0.15) is 11.5 Å². The largest absolute Gasteiger partial charge is 0.298 e. The molecule has 49 valence electrons. The minimum atomic E-state index is -0.271. The molecule has 2 rings (SSSR count). The SMILES string of the molecule is Fc1ccn2[c]cnc2c1. The van der Waals surface area contributed by atoms with E-state index in [1.807, 2.05) is 0 Å². The molecule has 3 heteroatoms. The van der Waals surface area contributed by atoms with Crippen LogP contribution in [0.15, 0.2) is 24.5 Å². The van der Waals surface area contributed by atoms with Crippen molar-refractivity contribution in [2.45, 2.75) is 0 Å². The number of pyridine rings is 1. The first-order valence-corrected chi connectivity index (χ1v) is 2.86. The van der Waals surface area contributed by atoms with Crippen molar-refractivity contribution in [1.82, 2.24) is 9.38 Å². The zero-order valence-electron chi connectivity index (χ0n) is 5.08. The maximum atomic E-state index is 12.4. The highest BCUT2D eigenvalue weighted by Gasteiger charge is 1.93. The Balaban J connectivity index is 2.86. The molecular weight excluding hydrogens is 131 g/mol. The van der Waals surface area contributed by atoms with Crippen molar-refractivity contribution >= 4 is 5.65 Å². The van der Waals surface area contributed by atoms with E-state index in [0.29, 0.717) is 5.65 Å². The standard InChI is InChI=1S/C7H4FN2/c8-6-1-3-10-4-2-9-7(10)5-6/h1-3,5H. The monoisotopic (exact) mass is 135 g/mol. The van der Waals surface area contributed by atoms with Gasteiger partial charge in [-0.15, -0.1) is 0 Å². The Morgan fingerprint density at radius 1 is 1.60 bits per heavy atom. The summed E-state index contributed by atoms with van der Waals surface area (Å²) in [6.45, 7) is 0. The Morgan fingerprint density at radius 3 is 3.40 bits per heavy atom. The van der Waals surface area contributed by atoms with E-state index in [4.69, 9.17) is 0 Å². The molecule has 0 aromatic carbocycles. The molecule has 0 bridgehead atoms. The molecule has 2 aromatic rings. The van der Waals surface area contributed by atoms with Crippen LogP contribution in [0.5, 0.6) is 0 Å². The first-order chi connectivity index (χ1) is 4.86. The highest BCUT2D eigenvalue weighted by atomic mass is 19.1.